The van der Waals surface area contributed by atoms with Gasteiger partial charge in [-0.05, 0) is 37.4 Å². The summed E-state index contributed by atoms with van der Waals surface area (Å²) in [5.41, 5.74) is 0.620. The minimum absolute atomic E-state index is 0.0948. The number of aromatic amines is 1. The minimum atomic E-state index is -0.696. The smallest absolute Gasteiger partial charge is 0.412 e. The largest absolute Gasteiger partial charge is 0.444 e. The molecule has 1 heterocycles. The molecule has 0 unspecified atom stereocenters. The molecule has 0 aliphatic rings. The van der Waals surface area contributed by atoms with Gasteiger partial charge in [-0.1, -0.05) is 30.3 Å². The van der Waals surface area contributed by atoms with E-state index in [4.69, 9.17) is 4.74 Å². The van der Waals surface area contributed by atoms with Crippen molar-refractivity contribution in [3.63, 3.8) is 0 Å². The molecule has 7 heteroatoms. The number of benzene rings is 1. The van der Waals surface area contributed by atoms with E-state index in [2.05, 4.69) is 42.2 Å². The summed E-state index contributed by atoms with van der Waals surface area (Å²) in [4.78, 5) is 26.3. The van der Waals surface area contributed by atoms with Gasteiger partial charge in [0.15, 0.2) is 0 Å². The predicted octanol–water partition coefficient (Wildman–Crippen LogP) is 3.65. The molecule has 5 nitrogen and oxygen atoms in total. The average Bonchev–Trinajstić information content (AvgIpc) is 2.46. The quantitative estimate of drug-likeness (QED) is 0.771. The summed E-state index contributed by atoms with van der Waals surface area (Å²) in [7, 11) is 0. The molecule has 1 aromatic carbocycles. The summed E-state index contributed by atoms with van der Waals surface area (Å²) in [5.74, 6) is 0. The van der Waals surface area contributed by atoms with Crippen LogP contribution in [-0.4, -0.2) is 11.1 Å². The van der Waals surface area contributed by atoms with Crippen LogP contribution in [0.5, 0.6) is 0 Å². The van der Waals surface area contributed by atoms with Gasteiger partial charge in [0.25, 0.3) is 0 Å². The van der Waals surface area contributed by atoms with E-state index in [1.165, 1.54) is 6.20 Å². The van der Waals surface area contributed by atoms with Crippen molar-refractivity contribution in [2.45, 2.75) is 6.61 Å². The Labute approximate surface area is 131 Å². The lowest BCUT2D eigenvalue weighted by atomic mass is 10.2. The number of ether oxygens (including phenoxy) is 1. The Kier molecular flexibility index (Phi) is 4.97. The van der Waals surface area contributed by atoms with Crippen molar-refractivity contribution < 1.29 is 9.53 Å². The molecule has 0 bridgehead atoms. The molecule has 0 aliphatic carbocycles. The van der Waals surface area contributed by atoms with E-state index >= 15 is 0 Å². The van der Waals surface area contributed by atoms with Crippen LogP contribution in [0.3, 0.4) is 0 Å². The van der Waals surface area contributed by atoms with Crippen molar-refractivity contribution in [1.82, 2.24) is 4.98 Å². The maximum Gasteiger partial charge on any atom is 0.412 e. The number of nitrogens with one attached hydrogen (secondary N) is 2. The van der Waals surface area contributed by atoms with Crippen LogP contribution in [0.15, 0.2) is 50.4 Å². The number of rotatable bonds is 3. The molecule has 1 amide bonds. The van der Waals surface area contributed by atoms with E-state index in [1.54, 1.807) is 0 Å². The standard InChI is InChI=1S/C13H10Br2N2O3/c14-9-6-16-12(15)10(11(9)18)17-13(19)20-7-8-4-2-1-3-5-8/h1-6H,7H2,(H,16,18)(H,17,19). The van der Waals surface area contributed by atoms with Crippen molar-refractivity contribution in [1.29, 1.82) is 0 Å². The van der Waals surface area contributed by atoms with Gasteiger partial charge in [0.05, 0.1) is 4.47 Å². The SMILES string of the molecule is O=C(Nc1c(Br)[nH]cc(Br)c1=O)OCc1ccccc1. The highest BCUT2D eigenvalue weighted by Gasteiger charge is 2.12. The fourth-order valence-corrected chi connectivity index (χ4v) is 2.16. The number of anilines is 1. The summed E-state index contributed by atoms with van der Waals surface area (Å²) >= 11 is 6.25. The zero-order valence-electron chi connectivity index (χ0n) is 10.2. The van der Waals surface area contributed by atoms with E-state index in [0.29, 0.717) is 9.08 Å². The molecule has 2 aromatic rings. The first-order valence-electron chi connectivity index (χ1n) is 5.62. The zero-order chi connectivity index (χ0) is 14.5. The molecule has 0 fully saturated rings. The number of carbonyl (C=O) groups is 1. The van der Waals surface area contributed by atoms with Gasteiger partial charge < -0.3 is 9.72 Å². The summed E-state index contributed by atoms with van der Waals surface area (Å²) in [6.07, 6.45) is 0.783. The van der Waals surface area contributed by atoms with Gasteiger partial charge in [-0.25, -0.2) is 4.79 Å². The number of H-pyrrole nitrogens is 1. The van der Waals surface area contributed by atoms with E-state index in [1.807, 2.05) is 30.3 Å². The van der Waals surface area contributed by atoms with Crippen LogP contribution in [0.1, 0.15) is 5.56 Å². The van der Waals surface area contributed by atoms with Crippen LogP contribution < -0.4 is 10.7 Å². The Balaban J connectivity index is 2.02. The maximum atomic E-state index is 11.8. The Morgan fingerprint density at radius 3 is 2.65 bits per heavy atom. The molecule has 0 saturated heterocycles. The van der Waals surface area contributed by atoms with E-state index in [-0.39, 0.29) is 17.7 Å². The van der Waals surface area contributed by atoms with Gasteiger partial charge in [-0.15, -0.1) is 0 Å². The lowest BCUT2D eigenvalue weighted by Gasteiger charge is -2.08. The summed E-state index contributed by atoms with van der Waals surface area (Å²) < 4.78 is 5.74. The Hall–Kier alpha value is -1.60. The Morgan fingerprint density at radius 1 is 1.25 bits per heavy atom. The van der Waals surface area contributed by atoms with Gasteiger partial charge in [-0.3, -0.25) is 10.1 Å². The fraction of sp³-hybridized carbons (Fsp3) is 0.0769. The predicted molar refractivity (Wildman–Crippen MR) is 82.7 cm³/mol. The normalized spacial score (nSPS) is 10.1. The second-order valence-electron chi connectivity index (χ2n) is 3.84. The van der Waals surface area contributed by atoms with Crippen molar-refractivity contribution in [3.8, 4) is 0 Å². The van der Waals surface area contributed by atoms with Gasteiger partial charge >= 0.3 is 6.09 Å². The monoisotopic (exact) mass is 400 g/mol. The first-order valence-corrected chi connectivity index (χ1v) is 7.21. The molecule has 0 saturated carbocycles. The Morgan fingerprint density at radius 2 is 1.95 bits per heavy atom. The van der Waals surface area contributed by atoms with Crippen molar-refractivity contribution in [3.05, 3.63) is 61.4 Å². The van der Waals surface area contributed by atoms with Crippen molar-refractivity contribution in [2.24, 2.45) is 0 Å². The number of hydrogen-bond acceptors (Lipinski definition) is 3. The van der Waals surface area contributed by atoms with Gasteiger partial charge in [-0.2, -0.15) is 0 Å². The van der Waals surface area contributed by atoms with Crippen LogP contribution in [0.2, 0.25) is 0 Å². The van der Waals surface area contributed by atoms with Crippen LogP contribution in [0.4, 0.5) is 10.5 Å². The molecule has 104 valence electrons. The zero-order valence-corrected chi connectivity index (χ0v) is 13.3. The van der Waals surface area contributed by atoms with Gasteiger partial charge in [0, 0.05) is 6.20 Å². The summed E-state index contributed by atoms with van der Waals surface area (Å²) in [5, 5.41) is 2.41. The highest BCUT2D eigenvalue weighted by atomic mass is 79.9. The van der Waals surface area contributed by atoms with Gasteiger partial charge in [0.2, 0.25) is 5.43 Å². The van der Waals surface area contributed by atoms with Crippen LogP contribution in [0.25, 0.3) is 0 Å². The number of carbonyl (C=O) groups excluding carboxylic acids is 1. The van der Waals surface area contributed by atoms with E-state index in [9.17, 15) is 9.59 Å². The number of amides is 1. The molecule has 0 aliphatic heterocycles. The maximum absolute atomic E-state index is 11.8. The molecular formula is C13H10Br2N2O3. The van der Waals surface area contributed by atoms with Crippen LogP contribution in [-0.2, 0) is 11.3 Å². The highest BCUT2D eigenvalue weighted by Crippen LogP contribution is 2.18. The number of halogens is 2. The molecule has 0 atom stereocenters. The fourth-order valence-electron chi connectivity index (χ4n) is 1.46. The molecular weight excluding hydrogens is 392 g/mol. The minimum Gasteiger partial charge on any atom is -0.444 e. The first kappa shape index (κ1) is 14.8. The third-order valence-electron chi connectivity index (χ3n) is 2.43. The molecule has 2 rings (SSSR count). The lowest BCUT2D eigenvalue weighted by molar-refractivity contribution is 0.155. The third-order valence-corrected chi connectivity index (χ3v) is 3.64. The van der Waals surface area contributed by atoms with Crippen molar-refractivity contribution >= 4 is 43.6 Å². The molecule has 20 heavy (non-hydrogen) atoms. The van der Waals surface area contributed by atoms with Gasteiger partial charge in [0.1, 0.15) is 16.9 Å². The topological polar surface area (TPSA) is 71.2 Å². The highest BCUT2D eigenvalue weighted by molar-refractivity contribution is 9.11. The number of hydrogen-bond donors (Lipinski definition) is 2. The number of aromatic nitrogens is 1. The molecule has 0 spiro atoms. The van der Waals surface area contributed by atoms with E-state index < -0.39 is 6.09 Å². The first-order chi connectivity index (χ1) is 9.58. The Bertz CT molecular complexity index is 671. The van der Waals surface area contributed by atoms with E-state index in [0.717, 1.165) is 5.56 Å². The van der Waals surface area contributed by atoms with Crippen LogP contribution >= 0.6 is 31.9 Å². The third kappa shape index (κ3) is 3.71. The molecule has 2 N–H and O–H groups in total. The second-order valence-corrected chi connectivity index (χ2v) is 5.49. The molecule has 1 aromatic heterocycles. The molecule has 0 radical (unpaired) electrons. The van der Waals surface area contributed by atoms with Crippen LogP contribution in [0, 0.1) is 0 Å². The van der Waals surface area contributed by atoms with Crippen molar-refractivity contribution in [2.75, 3.05) is 5.32 Å². The average molecular weight is 402 g/mol. The lowest BCUT2D eigenvalue weighted by Crippen LogP contribution is -2.20. The summed E-state index contributed by atoms with van der Waals surface area (Å²) in [6, 6.07) is 9.27. The number of pyridine rings is 1. The second kappa shape index (κ2) is 6.71. The summed E-state index contributed by atoms with van der Waals surface area (Å²) in [6.45, 7) is 0.135.